The molecule has 8 nitrogen and oxygen atoms in total. The molecule has 1 aliphatic rings. The molecule has 3 amide bonds. The Morgan fingerprint density at radius 1 is 1.00 bits per heavy atom. The van der Waals surface area contributed by atoms with Crippen LogP contribution in [0.5, 0.6) is 0 Å². The van der Waals surface area contributed by atoms with Gasteiger partial charge in [0, 0.05) is 37.4 Å². The summed E-state index contributed by atoms with van der Waals surface area (Å²) >= 11 is 0. The summed E-state index contributed by atoms with van der Waals surface area (Å²) in [6, 6.07) is 14.6. The number of carbonyl (C=O) groups is 3. The van der Waals surface area contributed by atoms with Gasteiger partial charge >= 0.3 is 12.0 Å². The third kappa shape index (κ3) is 7.69. The van der Waals surface area contributed by atoms with Crippen LogP contribution in [0, 0.1) is 11.7 Å². The highest BCUT2D eigenvalue weighted by Gasteiger charge is 2.32. The number of hydrogen-bond acceptors (Lipinski definition) is 4. The van der Waals surface area contributed by atoms with Crippen molar-refractivity contribution in [2.24, 2.45) is 5.92 Å². The number of para-hydroxylation sites is 1. The zero-order chi connectivity index (χ0) is 26.3. The van der Waals surface area contributed by atoms with Gasteiger partial charge in [-0.1, -0.05) is 37.3 Å². The van der Waals surface area contributed by atoms with E-state index >= 15 is 0 Å². The van der Waals surface area contributed by atoms with Crippen molar-refractivity contribution in [3.05, 3.63) is 66.0 Å². The number of piperazine rings is 1. The molecule has 1 saturated heterocycles. The van der Waals surface area contributed by atoms with Crippen LogP contribution in [0.3, 0.4) is 0 Å². The minimum Gasteiger partial charge on any atom is -0.481 e. The van der Waals surface area contributed by atoms with Crippen molar-refractivity contribution < 1.29 is 23.9 Å². The molecule has 194 valence electrons. The molecule has 0 aliphatic carbocycles. The molecule has 2 atom stereocenters. The average Bonchev–Trinajstić information content (AvgIpc) is 2.85. The quantitative estimate of drug-likeness (QED) is 0.493. The second-order valence-corrected chi connectivity index (χ2v) is 9.96. The summed E-state index contributed by atoms with van der Waals surface area (Å²) in [6.45, 7) is 7.46. The fourth-order valence-corrected chi connectivity index (χ4v) is 4.31. The lowest BCUT2D eigenvalue weighted by Gasteiger charge is -2.37. The van der Waals surface area contributed by atoms with Crippen molar-refractivity contribution in [1.29, 1.82) is 0 Å². The number of nitrogens with one attached hydrogen (secondary N) is 2. The lowest BCUT2D eigenvalue weighted by molar-refractivity contribution is -0.141. The number of halogens is 1. The number of carboxylic acid groups (broad SMARTS) is 1. The zero-order valence-corrected chi connectivity index (χ0v) is 21.0. The molecule has 2 aromatic rings. The maximum Gasteiger partial charge on any atom is 0.318 e. The maximum absolute atomic E-state index is 13.2. The first kappa shape index (κ1) is 27.0. The number of nitrogens with zero attached hydrogens (tertiary/aromatic N) is 2. The van der Waals surface area contributed by atoms with Gasteiger partial charge < -0.3 is 25.5 Å². The molecule has 0 saturated carbocycles. The van der Waals surface area contributed by atoms with Crippen LogP contribution in [-0.2, 0) is 16.0 Å². The van der Waals surface area contributed by atoms with E-state index in [1.807, 2.05) is 44.2 Å². The highest BCUT2D eigenvalue weighted by atomic mass is 19.1. The van der Waals surface area contributed by atoms with E-state index in [1.54, 1.807) is 17.0 Å². The van der Waals surface area contributed by atoms with Crippen LogP contribution in [0.25, 0.3) is 0 Å². The second-order valence-electron chi connectivity index (χ2n) is 9.96. The Morgan fingerprint density at radius 3 is 2.19 bits per heavy atom. The van der Waals surface area contributed by atoms with Crippen LogP contribution < -0.4 is 15.5 Å². The number of rotatable bonds is 9. The molecular formula is C27H35FN4O4. The standard InChI is InChI=1S/C27H35FN4O4/c1-19(25(34)35)17-23(24(33)30-27(2,3)18-20-9-11-21(28)12-10-20)29-26(36)32-15-13-31(14-16-32)22-7-5-4-6-8-22/h4-12,19,23H,13-18H2,1-3H3,(H,29,36)(H,30,33)(H,34,35)/t19-,23-/m0/s1. The minimum absolute atomic E-state index is 0.0382. The molecule has 1 heterocycles. The molecule has 3 N–H and O–H groups in total. The van der Waals surface area contributed by atoms with Crippen LogP contribution in [0.1, 0.15) is 32.8 Å². The predicted molar refractivity (Wildman–Crippen MR) is 136 cm³/mol. The molecule has 0 radical (unpaired) electrons. The predicted octanol–water partition coefficient (Wildman–Crippen LogP) is 3.27. The van der Waals surface area contributed by atoms with E-state index in [0.717, 1.165) is 11.3 Å². The Hall–Kier alpha value is -3.62. The number of aliphatic carboxylic acids is 1. The van der Waals surface area contributed by atoms with Gasteiger partial charge in [0.15, 0.2) is 0 Å². The van der Waals surface area contributed by atoms with Crippen molar-refractivity contribution >= 4 is 23.6 Å². The van der Waals surface area contributed by atoms with E-state index < -0.39 is 35.4 Å². The number of carbonyl (C=O) groups excluding carboxylic acids is 2. The Morgan fingerprint density at radius 2 is 1.61 bits per heavy atom. The largest absolute Gasteiger partial charge is 0.481 e. The topological polar surface area (TPSA) is 102 Å². The van der Waals surface area contributed by atoms with Crippen LogP contribution >= 0.6 is 0 Å². The molecule has 1 aliphatic heterocycles. The van der Waals surface area contributed by atoms with Crippen molar-refractivity contribution in [1.82, 2.24) is 15.5 Å². The lowest BCUT2D eigenvalue weighted by Crippen LogP contribution is -2.58. The Bertz CT molecular complexity index is 1040. The SMILES string of the molecule is C[C@@H](C[C@H](NC(=O)N1CCN(c2ccccc2)CC1)C(=O)NC(C)(C)Cc1ccc(F)cc1)C(=O)O. The Balaban J connectivity index is 1.62. The lowest BCUT2D eigenvalue weighted by atomic mass is 9.93. The summed E-state index contributed by atoms with van der Waals surface area (Å²) in [6.07, 6.45) is 0.402. The van der Waals surface area contributed by atoms with Gasteiger partial charge in [0.1, 0.15) is 11.9 Å². The van der Waals surface area contributed by atoms with Gasteiger partial charge in [0.05, 0.1) is 5.92 Å². The van der Waals surface area contributed by atoms with Crippen LogP contribution in [-0.4, -0.2) is 65.7 Å². The molecule has 0 unspecified atom stereocenters. The van der Waals surface area contributed by atoms with Gasteiger partial charge in [0.25, 0.3) is 0 Å². The summed E-state index contributed by atoms with van der Waals surface area (Å²) in [7, 11) is 0. The molecular weight excluding hydrogens is 463 g/mol. The first-order chi connectivity index (χ1) is 17.0. The molecule has 3 rings (SSSR count). The monoisotopic (exact) mass is 498 g/mol. The van der Waals surface area contributed by atoms with E-state index in [4.69, 9.17) is 0 Å². The average molecular weight is 499 g/mol. The van der Waals surface area contributed by atoms with Crippen LogP contribution in [0.15, 0.2) is 54.6 Å². The first-order valence-corrected chi connectivity index (χ1v) is 12.2. The highest BCUT2D eigenvalue weighted by Crippen LogP contribution is 2.17. The fraction of sp³-hybridized carbons (Fsp3) is 0.444. The Labute approximate surface area is 211 Å². The van der Waals surface area contributed by atoms with Gasteiger partial charge in [-0.15, -0.1) is 0 Å². The van der Waals surface area contributed by atoms with Crippen LogP contribution in [0.2, 0.25) is 0 Å². The van der Waals surface area contributed by atoms with Crippen LogP contribution in [0.4, 0.5) is 14.9 Å². The number of urea groups is 1. The molecule has 2 aromatic carbocycles. The van der Waals surface area contributed by atoms with Crippen molar-refractivity contribution in [3.63, 3.8) is 0 Å². The van der Waals surface area contributed by atoms with Crippen molar-refractivity contribution in [3.8, 4) is 0 Å². The number of carboxylic acids is 1. The molecule has 1 fully saturated rings. The summed E-state index contributed by atoms with van der Waals surface area (Å²) in [5.74, 6) is -2.65. The Kier molecular flexibility index (Phi) is 8.90. The van der Waals surface area contributed by atoms with Gasteiger partial charge in [-0.3, -0.25) is 9.59 Å². The minimum atomic E-state index is -1.04. The van der Waals surface area contributed by atoms with Gasteiger partial charge in [-0.2, -0.15) is 0 Å². The summed E-state index contributed by atoms with van der Waals surface area (Å²) in [5.41, 5.74) is 1.23. The summed E-state index contributed by atoms with van der Waals surface area (Å²) < 4.78 is 13.2. The highest BCUT2D eigenvalue weighted by molar-refractivity contribution is 5.88. The van der Waals surface area contributed by atoms with Crippen molar-refractivity contribution in [2.75, 3.05) is 31.1 Å². The van der Waals surface area contributed by atoms with Gasteiger partial charge in [-0.05, 0) is 56.5 Å². The molecule has 9 heteroatoms. The third-order valence-electron chi connectivity index (χ3n) is 6.33. The molecule has 0 aromatic heterocycles. The normalized spacial score (nSPS) is 15.7. The summed E-state index contributed by atoms with van der Waals surface area (Å²) in [5, 5.41) is 15.1. The van der Waals surface area contributed by atoms with Crippen molar-refractivity contribution in [2.45, 2.75) is 45.2 Å². The molecule has 0 bridgehead atoms. The molecule has 0 spiro atoms. The first-order valence-electron chi connectivity index (χ1n) is 12.2. The van der Waals surface area contributed by atoms with Gasteiger partial charge in [-0.25, -0.2) is 9.18 Å². The van der Waals surface area contributed by atoms with Gasteiger partial charge in [0.2, 0.25) is 5.91 Å². The number of hydrogen-bond donors (Lipinski definition) is 3. The maximum atomic E-state index is 13.2. The number of anilines is 1. The smallest absolute Gasteiger partial charge is 0.318 e. The van der Waals surface area contributed by atoms with E-state index in [0.29, 0.717) is 32.6 Å². The molecule has 36 heavy (non-hydrogen) atoms. The fourth-order valence-electron chi connectivity index (χ4n) is 4.31. The number of amides is 3. The number of benzene rings is 2. The second kappa shape index (κ2) is 11.9. The summed E-state index contributed by atoms with van der Waals surface area (Å²) in [4.78, 5) is 41.6. The van der Waals surface area contributed by atoms with E-state index in [2.05, 4.69) is 15.5 Å². The third-order valence-corrected chi connectivity index (χ3v) is 6.33. The van der Waals surface area contributed by atoms with E-state index in [9.17, 15) is 23.9 Å². The zero-order valence-electron chi connectivity index (χ0n) is 21.0. The van der Waals surface area contributed by atoms with E-state index in [1.165, 1.54) is 19.1 Å². The van der Waals surface area contributed by atoms with E-state index in [-0.39, 0.29) is 12.2 Å².